The topological polar surface area (TPSA) is 98.8 Å². The van der Waals surface area contributed by atoms with Crippen molar-refractivity contribution in [3.05, 3.63) is 52.9 Å². The number of thiazole rings is 1. The maximum atomic E-state index is 13.5. The van der Waals surface area contributed by atoms with Gasteiger partial charge >= 0.3 is 0 Å². The Morgan fingerprint density at radius 1 is 1.31 bits per heavy atom. The van der Waals surface area contributed by atoms with Gasteiger partial charge < -0.3 is 14.8 Å². The number of sulfonamides is 1. The molecule has 4 heterocycles. The van der Waals surface area contributed by atoms with E-state index in [1.165, 1.54) is 15.6 Å². The number of likely N-dealkylation sites (tertiary alicyclic amines) is 1. The van der Waals surface area contributed by atoms with Crippen molar-refractivity contribution in [2.24, 2.45) is 0 Å². The van der Waals surface area contributed by atoms with Crippen LogP contribution in [0.25, 0.3) is 21.6 Å². The summed E-state index contributed by atoms with van der Waals surface area (Å²) in [6, 6.07) is 11.1. The Balaban J connectivity index is 1.47. The van der Waals surface area contributed by atoms with Gasteiger partial charge in [-0.3, -0.25) is 9.21 Å². The number of hydrogen-bond donors (Lipinski definition) is 2. The highest BCUT2D eigenvalue weighted by molar-refractivity contribution is 7.94. The third kappa shape index (κ3) is 5.16. The van der Waals surface area contributed by atoms with E-state index in [1.807, 2.05) is 37.4 Å². The van der Waals surface area contributed by atoms with Crippen LogP contribution < -0.4 is 4.31 Å². The second-order valence-corrected chi connectivity index (χ2v) is 12.6. The summed E-state index contributed by atoms with van der Waals surface area (Å²) in [6.07, 6.45) is 2.45. The van der Waals surface area contributed by atoms with E-state index in [4.69, 9.17) is 4.74 Å². The average Bonchev–Trinajstić information content (AvgIpc) is 3.64. The molecular weight excluding hydrogens is 504 g/mol. The van der Waals surface area contributed by atoms with Gasteiger partial charge in [-0.25, -0.2) is 13.4 Å². The van der Waals surface area contributed by atoms with Crippen LogP contribution in [0.5, 0.6) is 0 Å². The van der Waals surface area contributed by atoms with Crippen molar-refractivity contribution >= 4 is 49.3 Å². The lowest BCUT2D eigenvalue weighted by molar-refractivity contribution is 0.156. The number of benzene rings is 1. The molecule has 1 unspecified atom stereocenters. The van der Waals surface area contributed by atoms with E-state index in [9.17, 15) is 13.5 Å². The molecule has 0 saturated carbocycles. The standard InChI is InChI=1S/C24H28N4O4S3/c1-2-32-11-10-28(35(30,31)22-7-4-12-33-22)21-6-3-5-17-13-20(26-23(17)21)24-25-14-19(34-24)16-27-9-8-18(29)15-27/h3-7,12-14,18,26,29H,2,8-11,15-16H2,1H3. The minimum atomic E-state index is -3.74. The van der Waals surface area contributed by atoms with E-state index in [-0.39, 0.29) is 12.6 Å². The van der Waals surface area contributed by atoms with Crippen molar-refractivity contribution in [3.63, 3.8) is 0 Å². The molecule has 1 aromatic carbocycles. The summed E-state index contributed by atoms with van der Waals surface area (Å²) in [5, 5.41) is 13.3. The molecule has 0 aliphatic carbocycles. The number of aliphatic hydroxyl groups excluding tert-OH is 1. The number of hydrogen-bond acceptors (Lipinski definition) is 8. The van der Waals surface area contributed by atoms with Crippen molar-refractivity contribution < 1.29 is 18.3 Å². The lowest BCUT2D eigenvalue weighted by atomic mass is 10.2. The molecule has 1 atom stereocenters. The summed E-state index contributed by atoms with van der Waals surface area (Å²) in [4.78, 5) is 11.4. The second-order valence-electron chi connectivity index (χ2n) is 8.44. The Bertz CT molecular complexity index is 1380. The molecule has 4 aromatic rings. The minimum Gasteiger partial charge on any atom is -0.392 e. The van der Waals surface area contributed by atoms with E-state index in [0.717, 1.165) is 46.0 Å². The van der Waals surface area contributed by atoms with Crippen LogP contribution in [0.15, 0.2) is 52.2 Å². The molecule has 0 spiro atoms. The van der Waals surface area contributed by atoms with Gasteiger partial charge in [0.25, 0.3) is 10.0 Å². The highest BCUT2D eigenvalue weighted by atomic mass is 32.2. The Kier molecular flexibility index (Phi) is 7.24. The summed E-state index contributed by atoms with van der Waals surface area (Å²) >= 11 is 2.81. The lowest BCUT2D eigenvalue weighted by Crippen LogP contribution is -2.34. The number of aliphatic hydroxyl groups is 1. The minimum absolute atomic E-state index is 0.213. The number of anilines is 1. The zero-order valence-corrected chi connectivity index (χ0v) is 21.8. The highest BCUT2D eigenvalue weighted by Gasteiger charge is 2.28. The van der Waals surface area contributed by atoms with Gasteiger partial charge in [-0.2, -0.15) is 0 Å². The molecule has 8 nitrogen and oxygen atoms in total. The van der Waals surface area contributed by atoms with Crippen molar-refractivity contribution in [1.82, 2.24) is 14.9 Å². The summed E-state index contributed by atoms with van der Waals surface area (Å²) in [6.45, 7) is 5.28. The van der Waals surface area contributed by atoms with Gasteiger partial charge in [-0.05, 0) is 36.9 Å². The van der Waals surface area contributed by atoms with Crippen LogP contribution in [-0.2, 0) is 21.3 Å². The number of nitrogens with one attached hydrogen (secondary N) is 1. The number of aromatic amines is 1. The van der Waals surface area contributed by atoms with Crippen LogP contribution in [0, 0.1) is 0 Å². The van der Waals surface area contributed by atoms with E-state index in [2.05, 4.69) is 14.9 Å². The summed E-state index contributed by atoms with van der Waals surface area (Å²) < 4.78 is 34.3. The van der Waals surface area contributed by atoms with Crippen LogP contribution in [0.3, 0.4) is 0 Å². The predicted molar refractivity (Wildman–Crippen MR) is 141 cm³/mol. The van der Waals surface area contributed by atoms with Crippen molar-refractivity contribution in [1.29, 1.82) is 0 Å². The molecule has 1 fully saturated rings. The fraction of sp³-hybridized carbons (Fsp3) is 0.375. The quantitative estimate of drug-likeness (QED) is 0.298. The average molecular weight is 533 g/mol. The van der Waals surface area contributed by atoms with Crippen molar-refractivity contribution in [3.8, 4) is 10.7 Å². The molecule has 1 aliphatic heterocycles. The third-order valence-corrected chi connectivity index (χ3v) is 10.2. The molecule has 5 rings (SSSR count). The molecule has 11 heteroatoms. The van der Waals surface area contributed by atoms with Crippen LogP contribution >= 0.6 is 22.7 Å². The highest BCUT2D eigenvalue weighted by Crippen LogP contribution is 2.35. The Morgan fingerprint density at radius 3 is 2.94 bits per heavy atom. The van der Waals surface area contributed by atoms with Gasteiger partial charge in [-0.15, -0.1) is 22.7 Å². The van der Waals surface area contributed by atoms with Crippen LogP contribution in [0.2, 0.25) is 0 Å². The number of β-amino-alcohol motifs (C(OH)–C–C–N with tert-alkyl or cyclic N) is 1. The summed E-state index contributed by atoms with van der Waals surface area (Å²) in [5.41, 5.74) is 2.19. The molecule has 0 radical (unpaired) electrons. The number of thiophene rings is 1. The van der Waals surface area contributed by atoms with Crippen LogP contribution in [0.1, 0.15) is 18.2 Å². The normalized spacial score (nSPS) is 16.9. The first kappa shape index (κ1) is 24.4. The molecule has 0 amide bonds. The van der Waals surface area contributed by atoms with Gasteiger partial charge in [0.05, 0.1) is 36.2 Å². The van der Waals surface area contributed by atoms with E-state index >= 15 is 0 Å². The lowest BCUT2D eigenvalue weighted by Gasteiger charge is -2.24. The first-order valence-corrected chi connectivity index (χ1v) is 14.7. The van der Waals surface area contributed by atoms with E-state index in [1.54, 1.807) is 28.8 Å². The summed E-state index contributed by atoms with van der Waals surface area (Å²) in [7, 11) is -3.74. The zero-order chi connectivity index (χ0) is 24.4. The smallest absolute Gasteiger partial charge is 0.273 e. The number of ether oxygens (including phenoxy) is 1. The van der Waals surface area contributed by atoms with E-state index in [0.29, 0.717) is 29.7 Å². The first-order valence-electron chi connectivity index (χ1n) is 11.6. The molecule has 0 bridgehead atoms. The van der Waals surface area contributed by atoms with Crippen LogP contribution in [-0.4, -0.2) is 67.3 Å². The Hall–Kier alpha value is -2.28. The van der Waals surface area contributed by atoms with Gasteiger partial charge in [0.15, 0.2) is 0 Å². The van der Waals surface area contributed by atoms with Crippen molar-refractivity contribution in [2.45, 2.75) is 30.2 Å². The molecule has 1 saturated heterocycles. The van der Waals surface area contributed by atoms with Gasteiger partial charge in [-0.1, -0.05) is 18.2 Å². The third-order valence-electron chi connectivity index (χ3n) is 6.00. The van der Waals surface area contributed by atoms with Gasteiger partial charge in [0, 0.05) is 42.7 Å². The number of nitrogens with zero attached hydrogens (tertiary/aromatic N) is 3. The number of aromatic nitrogens is 2. The Morgan fingerprint density at radius 2 is 2.20 bits per heavy atom. The SMILES string of the molecule is CCOCCN(c1cccc2cc(-c3ncc(CN4CCC(O)C4)s3)[nH]c12)S(=O)(=O)c1cccs1. The van der Waals surface area contributed by atoms with Crippen LogP contribution in [0.4, 0.5) is 5.69 Å². The van der Waals surface area contributed by atoms with E-state index < -0.39 is 10.0 Å². The molecule has 2 N–H and O–H groups in total. The first-order chi connectivity index (χ1) is 17.0. The molecule has 1 aliphatic rings. The monoisotopic (exact) mass is 532 g/mol. The number of fused-ring (bicyclic) bond motifs is 1. The fourth-order valence-corrected chi connectivity index (χ4v) is 7.82. The maximum absolute atomic E-state index is 13.5. The van der Waals surface area contributed by atoms with Crippen molar-refractivity contribution in [2.75, 3.05) is 37.2 Å². The number of H-pyrrole nitrogens is 1. The zero-order valence-electron chi connectivity index (χ0n) is 19.4. The summed E-state index contributed by atoms with van der Waals surface area (Å²) in [5.74, 6) is 0. The van der Waals surface area contributed by atoms with Gasteiger partial charge in [0.1, 0.15) is 9.22 Å². The number of para-hydroxylation sites is 1. The molecule has 35 heavy (non-hydrogen) atoms. The second kappa shape index (κ2) is 10.4. The maximum Gasteiger partial charge on any atom is 0.273 e. The molecule has 3 aromatic heterocycles. The number of rotatable bonds is 10. The Labute approximate surface area is 212 Å². The largest absolute Gasteiger partial charge is 0.392 e. The fourth-order valence-electron chi connectivity index (χ4n) is 4.33. The van der Waals surface area contributed by atoms with Gasteiger partial charge in [0.2, 0.25) is 0 Å². The molecule has 186 valence electrons. The predicted octanol–water partition coefficient (Wildman–Crippen LogP) is 4.15. The molecular formula is C24H28N4O4S3.